The second-order valence-electron chi connectivity index (χ2n) is 13.7. The Bertz CT molecular complexity index is 990. The summed E-state index contributed by atoms with van der Waals surface area (Å²) in [5, 5.41) is 25.1. The van der Waals surface area contributed by atoms with E-state index in [0.717, 1.165) is 57.8 Å². The van der Waals surface area contributed by atoms with Gasteiger partial charge < -0.3 is 20.3 Å². The van der Waals surface area contributed by atoms with E-state index in [0.29, 0.717) is 49.3 Å². The fourth-order valence-electron chi connectivity index (χ4n) is 10.1. The van der Waals surface area contributed by atoms with Crippen LogP contribution in [0.3, 0.4) is 0 Å². The number of rotatable bonds is 7. The van der Waals surface area contributed by atoms with Gasteiger partial charge in [-0.1, -0.05) is 27.2 Å². The molecule has 1 saturated heterocycles. The molecule has 1 aliphatic heterocycles. The number of hydrogen-bond acceptors (Lipinski definition) is 6. The SMILES string of the molecule is CC[C@H]1[C@@H](O)[C@@H]2[C@H](CC[C@]3(C)[C@@H](CCCNC(=O)NS(=O)(=O)N4CCOCC4)CC[C@@H]23)[C@@]2(C)CC[C@@H](O)C[C@@H]12. The average Bonchev–Trinajstić information content (AvgIpc) is 3.24. The number of urea groups is 1. The Hall–Kier alpha value is -0.940. The van der Waals surface area contributed by atoms with Gasteiger partial charge in [-0.3, -0.25) is 0 Å². The van der Waals surface area contributed by atoms with Gasteiger partial charge in [-0.2, -0.15) is 12.7 Å². The lowest BCUT2D eigenvalue weighted by Crippen LogP contribution is -2.62. The third kappa shape index (κ3) is 5.38. The number of aliphatic hydroxyl groups excluding tert-OH is 2. The van der Waals surface area contributed by atoms with Crippen LogP contribution in [0.15, 0.2) is 0 Å². The minimum atomic E-state index is -3.85. The van der Waals surface area contributed by atoms with Gasteiger partial charge in [0.25, 0.3) is 0 Å². The van der Waals surface area contributed by atoms with Crippen LogP contribution >= 0.6 is 0 Å². The molecule has 0 aromatic heterocycles. The van der Waals surface area contributed by atoms with Crippen LogP contribution in [0.4, 0.5) is 4.79 Å². The smallest absolute Gasteiger partial charge is 0.329 e. The van der Waals surface area contributed by atoms with Crippen molar-refractivity contribution in [3.8, 4) is 0 Å². The number of ether oxygens (including phenoxy) is 1. The van der Waals surface area contributed by atoms with Crippen LogP contribution in [-0.2, 0) is 14.9 Å². The number of hydrogen-bond donors (Lipinski definition) is 4. The van der Waals surface area contributed by atoms with Crippen molar-refractivity contribution >= 4 is 16.2 Å². The van der Waals surface area contributed by atoms with Crippen LogP contribution in [-0.4, -0.2) is 74.0 Å². The third-order valence-corrected chi connectivity index (χ3v) is 13.6. The minimum Gasteiger partial charge on any atom is -0.393 e. The maximum atomic E-state index is 12.4. The Morgan fingerprint density at radius 3 is 2.41 bits per heavy atom. The zero-order valence-corrected chi connectivity index (χ0v) is 24.9. The number of amides is 2. The van der Waals surface area contributed by atoms with Crippen LogP contribution in [0.2, 0.25) is 0 Å². The quantitative estimate of drug-likeness (QED) is 0.349. The highest BCUT2D eigenvalue weighted by molar-refractivity contribution is 7.87. The van der Waals surface area contributed by atoms with Crippen molar-refractivity contribution < 1.29 is 28.2 Å². The Kier molecular flexibility index (Phi) is 8.63. The van der Waals surface area contributed by atoms with E-state index < -0.39 is 16.2 Å². The van der Waals surface area contributed by atoms with Gasteiger partial charge in [0, 0.05) is 19.6 Å². The summed E-state index contributed by atoms with van der Waals surface area (Å²) in [6.07, 6.45) is 9.74. The highest BCUT2D eigenvalue weighted by Crippen LogP contribution is 2.69. The molecule has 4 aliphatic carbocycles. The summed E-state index contributed by atoms with van der Waals surface area (Å²) in [4.78, 5) is 12.3. The molecule has 5 fully saturated rings. The first-order valence-electron chi connectivity index (χ1n) is 15.5. The maximum Gasteiger partial charge on any atom is 0.329 e. The largest absolute Gasteiger partial charge is 0.393 e. The van der Waals surface area contributed by atoms with E-state index in [1.54, 1.807) is 0 Å². The van der Waals surface area contributed by atoms with Gasteiger partial charge in [0.15, 0.2) is 0 Å². The van der Waals surface area contributed by atoms with Gasteiger partial charge in [-0.15, -0.1) is 0 Å². The number of nitrogens with one attached hydrogen (secondary N) is 2. The van der Waals surface area contributed by atoms with Crippen LogP contribution in [0, 0.1) is 46.3 Å². The highest BCUT2D eigenvalue weighted by atomic mass is 32.2. The second-order valence-corrected chi connectivity index (χ2v) is 15.4. The molecule has 0 aromatic carbocycles. The van der Waals surface area contributed by atoms with Gasteiger partial charge in [0.2, 0.25) is 0 Å². The number of aliphatic hydroxyl groups is 2. The summed E-state index contributed by atoms with van der Waals surface area (Å²) < 4.78 is 33.4. The molecule has 1 heterocycles. The number of fused-ring (bicyclic) bond motifs is 5. The first-order valence-corrected chi connectivity index (χ1v) is 16.9. The minimum absolute atomic E-state index is 0.194. The molecule has 0 radical (unpaired) electrons. The van der Waals surface area contributed by atoms with E-state index in [2.05, 4.69) is 30.8 Å². The van der Waals surface area contributed by atoms with Gasteiger partial charge in [0.05, 0.1) is 25.4 Å². The van der Waals surface area contributed by atoms with E-state index in [-0.39, 0.29) is 42.0 Å². The molecule has 0 unspecified atom stereocenters. The van der Waals surface area contributed by atoms with Crippen molar-refractivity contribution in [2.24, 2.45) is 46.3 Å². The van der Waals surface area contributed by atoms with Crippen molar-refractivity contribution in [3.63, 3.8) is 0 Å². The van der Waals surface area contributed by atoms with Gasteiger partial charge >= 0.3 is 16.2 Å². The fourth-order valence-corrected chi connectivity index (χ4v) is 11.2. The Labute approximate surface area is 235 Å². The molecule has 9 nitrogen and oxygen atoms in total. The zero-order valence-electron chi connectivity index (χ0n) is 24.1. The van der Waals surface area contributed by atoms with Crippen LogP contribution in [0.5, 0.6) is 0 Å². The summed E-state index contributed by atoms with van der Waals surface area (Å²) in [5.41, 5.74) is 0.405. The standard InChI is InChI=1S/C29H51N3O6S/c1-4-21-24-18-20(33)9-11-29(24,3)23-10-12-28(2)19(7-8-22(28)25(23)26(21)34)6-5-13-30-27(35)31-39(36,37)32-14-16-38-17-15-32/h19-26,33-34H,4-18H2,1-3H3,(H2,30,31,35)/t19-,20+,21+,22-,23-,24-,25-,26+,28+,29+/m0/s1. The lowest BCUT2D eigenvalue weighted by molar-refractivity contribution is -0.202. The molecule has 5 rings (SSSR count). The molecule has 0 aromatic rings. The lowest BCUT2D eigenvalue weighted by Gasteiger charge is -2.64. The zero-order chi connectivity index (χ0) is 28.0. The number of carbonyl (C=O) groups is 1. The van der Waals surface area contributed by atoms with Gasteiger partial charge in [0.1, 0.15) is 0 Å². The van der Waals surface area contributed by atoms with Crippen molar-refractivity contribution in [2.45, 2.75) is 97.2 Å². The lowest BCUT2D eigenvalue weighted by atomic mass is 9.41. The topological polar surface area (TPSA) is 128 Å². The van der Waals surface area contributed by atoms with E-state index in [9.17, 15) is 23.4 Å². The molecule has 224 valence electrons. The molecular formula is C29H51N3O6S. The summed E-state index contributed by atoms with van der Waals surface area (Å²) >= 11 is 0. The number of morpholine rings is 1. The first-order chi connectivity index (χ1) is 18.5. The van der Waals surface area contributed by atoms with Gasteiger partial charge in [-0.25, -0.2) is 9.52 Å². The van der Waals surface area contributed by atoms with Crippen LogP contribution < -0.4 is 10.0 Å². The molecule has 4 N–H and O–H groups in total. The number of carbonyl (C=O) groups excluding carboxylic acids is 1. The normalized spacial score (nSPS) is 44.6. The van der Waals surface area contributed by atoms with Crippen LogP contribution in [0.25, 0.3) is 0 Å². The fraction of sp³-hybridized carbons (Fsp3) is 0.966. The number of nitrogens with zero attached hydrogens (tertiary/aromatic N) is 1. The summed E-state index contributed by atoms with van der Waals surface area (Å²) in [6, 6.07) is -0.672. The maximum absolute atomic E-state index is 12.4. The molecule has 10 heteroatoms. The molecule has 4 saturated carbocycles. The predicted octanol–water partition coefficient (Wildman–Crippen LogP) is 3.27. The Morgan fingerprint density at radius 2 is 1.69 bits per heavy atom. The second kappa shape index (κ2) is 11.4. The molecule has 39 heavy (non-hydrogen) atoms. The highest BCUT2D eigenvalue weighted by Gasteiger charge is 2.64. The Morgan fingerprint density at radius 1 is 1.00 bits per heavy atom. The van der Waals surface area contributed by atoms with E-state index in [4.69, 9.17) is 4.74 Å². The van der Waals surface area contributed by atoms with E-state index >= 15 is 0 Å². The monoisotopic (exact) mass is 569 g/mol. The summed E-state index contributed by atoms with van der Waals surface area (Å²) in [5.74, 6) is 2.62. The van der Waals surface area contributed by atoms with Crippen molar-refractivity contribution in [1.29, 1.82) is 0 Å². The molecule has 10 atom stereocenters. The average molecular weight is 570 g/mol. The van der Waals surface area contributed by atoms with Crippen molar-refractivity contribution in [3.05, 3.63) is 0 Å². The van der Waals surface area contributed by atoms with Gasteiger partial charge in [-0.05, 0) is 104 Å². The predicted molar refractivity (Wildman–Crippen MR) is 149 cm³/mol. The summed E-state index contributed by atoms with van der Waals surface area (Å²) in [7, 11) is -3.85. The molecule has 0 spiro atoms. The molecule has 0 bridgehead atoms. The third-order valence-electron chi connectivity index (χ3n) is 12.1. The molecule has 2 amide bonds. The summed E-state index contributed by atoms with van der Waals surface area (Å²) in [6.45, 7) is 8.76. The van der Waals surface area contributed by atoms with E-state index in [1.807, 2.05) is 0 Å². The Balaban J connectivity index is 1.17. The molecular weight excluding hydrogens is 518 g/mol. The van der Waals surface area contributed by atoms with Crippen molar-refractivity contribution in [2.75, 3.05) is 32.8 Å². The van der Waals surface area contributed by atoms with Crippen molar-refractivity contribution in [1.82, 2.24) is 14.3 Å². The molecule has 5 aliphatic rings. The van der Waals surface area contributed by atoms with E-state index in [1.165, 1.54) is 10.7 Å². The first kappa shape index (κ1) is 29.5. The van der Waals surface area contributed by atoms with Crippen LogP contribution in [0.1, 0.15) is 85.0 Å².